The monoisotopic (exact) mass is 216 g/mol. The van der Waals surface area contributed by atoms with E-state index in [1.54, 1.807) is 18.9 Å². The van der Waals surface area contributed by atoms with Crippen LogP contribution in [0.25, 0.3) is 0 Å². The first-order chi connectivity index (χ1) is 6.63. The van der Waals surface area contributed by atoms with E-state index in [1.165, 1.54) is 0 Å². The van der Waals surface area contributed by atoms with Gasteiger partial charge in [-0.1, -0.05) is 25.6 Å². The van der Waals surface area contributed by atoms with Gasteiger partial charge in [-0.15, -0.1) is 0 Å². The summed E-state index contributed by atoms with van der Waals surface area (Å²) >= 11 is 1.81. The number of ether oxygens (including phenoxy) is 1. The van der Waals surface area contributed by atoms with Crippen LogP contribution in [-0.2, 0) is 4.74 Å². The van der Waals surface area contributed by atoms with Gasteiger partial charge in [-0.3, -0.25) is 4.99 Å². The highest BCUT2D eigenvalue weighted by Crippen LogP contribution is 2.17. The maximum absolute atomic E-state index is 5.18. The summed E-state index contributed by atoms with van der Waals surface area (Å²) in [5, 5.41) is 4.51. The van der Waals surface area contributed by atoms with Gasteiger partial charge < -0.3 is 10.1 Å². The van der Waals surface area contributed by atoms with E-state index >= 15 is 0 Å². The number of methoxy groups -OCH3 is 1. The zero-order valence-corrected chi connectivity index (χ0v) is 10.2. The molecule has 3 nitrogen and oxygen atoms in total. The van der Waals surface area contributed by atoms with Crippen LogP contribution in [0, 0.1) is 5.92 Å². The molecule has 2 unspecified atom stereocenters. The van der Waals surface area contributed by atoms with Crippen molar-refractivity contribution < 1.29 is 4.74 Å². The number of nitrogens with one attached hydrogen (secondary N) is 1. The van der Waals surface area contributed by atoms with Crippen LogP contribution in [0.4, 0.5) is 0 Å². The summed E-state index contributed by atoms with van der Waals surface area (Å²) in [6.45, 7) is 7.27. The van der Waals surface area contributed by atoms with Crippen molar-refractivity contribution in [2.45, 2.75) is 32.9 Å². The molecule has 1 aliphatic heterocycles. The molecular weight excluding hydrogens is 196 g/mol. The van der Waals surface area contributed by atoms with Crippen LogP contribution in [0.2, 0.25) is 0 Å². The standard InChI is InChI=1S/C10H20N2OS/c1-7(2)9(5-13-4)12-10-11-8(3)6-14-10/h7-9H,5-6H2,1-4H3,(H,11,12). The van der Waals surface area contributed by atoms with Crippen molar-refractivity contribution in [1.82, 2.24) is 5.32 Å². The highest BCUT2D eigenvalue weighted by Gasteiger charge is 2.19. The zero-order valence-electron chi connectivity index (χ0n) is 9.41. The molecule has 4 heteroatoms. The van der Waals surface area contributed by atoms with Crippen LogP contribution < -0.4 is 5.32 Å². The van der Waals surface area contributed by atoms with Gasteiger partial charge >= 0.3 is 0 Å². The minimum atomic E-state index is 0.372. The van der Waals surface area contributed by atoms with Gasteiger partial charge in [0.25, 0.3) is 0 Å². The van der Waals surface area contributed by atoms with E-state index in [-0.39, 0.29) is 0 Å². The summed E-state index contributed by atoms with van der Waals surface area (Å²) < 4.78 is 5.18. The summed E-state index contributed by atoms with van der Waals surface area (Å²) in [4.78, 5) is 4.51. The molecule has 1 N–H and O–H groups in total. The van der Waals surface area contributed by atoms with Crippen LogP contribution in [0.15, 0.2) is 4.99 Å². The Morgan fingerprint density at radius 2 is 2.36 bits per heavy atom. The first-order valence-corrected chi connectivity index (χ1v) is 6.08. The van der Waals surface area contributed by atoms with E-state index in [0.29, 0.717) is 18.0 Å². The molecule has 0 saturated carbocycles. The molecule has 0 fully saturated rings. The second-order valence-corrected chi connectivity index (χ2v) is 5.05. The van der Waals surface area contributed by atoms with Gasteiger partial charge in [0.2, 0.25) is 0 Å². The third-order valence-electron chi connectivity index (χ3n) is 2.26. The van der Waals surface area contributed by atoms with Gasteiger partial charge in [0, 0.05) is 12.9 Å². The van der Waals surface area contributed by atoms with Crippen LogP contribution in [0.3, 0.4) is 0 Å². The Labute approximate surface area is 90.7 Å². The summed E-state index contributed by atoms with van der Waals surface area (Å²) in [5.41, 5.74) is 0. The highest BCUT2D eigenvalue weighted by atomic mass is 32.2. The fourth-order valence-corrected chi connectivity index (χ4v) is 2.25. The SMILES string of the molecule is COCC(NC1=NC(C)CS1)C(C)C. The van der Waals surface area contributed by atoms with Crippen molar-refractivity contribution >= 4 is 16.9 Å². The molecule has 0 saturated heterocycles. The van der Waals surface area contributed by atoms with E-state index in [0.717, 1.165) is 17.5 Å². The average Bonchev–Trinajstić information content (AvgIpc) is 2.50. The Hall–Kier alpha value is -0.220. The van der Waals surface area contributed by atoms with Gasteiger partial charge in [-0.05, 0) is 12.8 Å². The van der Waals surface area contributed by atoms with E-state index in [1.807, 2.05) is 0 Å². The molecule has 0 aromatic heterocycles. The molecule has 0 spiro atoms. The van der Waals surface area contributed by atoms with Crippen molar-refractivity contribution in [2.24, 2.45) is 10.9 Å². The van der Waals surface area contributed by atoms with E-state index in [4.69, 9.17) is 4.74 Å². The number of aliphatic imine (C=N–C) groups is 1. The Kier molecular flexibility index (Phi) is 4.75. The average molecular weight is 216 g/mol. The molecule has 14 heavy (non-hydrogen) atoms. The third kappa shape index (κ3) is 3.50. The first kappa shape index (κ1) is 11.9. The molecule has 0 amide bonds. The Morgan fingerprint density at radius 3 is 2.79 bits per heavy atom. The third-order valence-corrected chi connectivity index (χ3v) is 3.40. The van der Waals surface area contributed by atoms with Gasteiger partial charge in [0.15, 0.2) is 5.17 Å². The Balaban J connectivity index is 2.43. The predicted molar refractivity (Wildman–Crippen MR) is 63.0 cm³/mol. The molecule has 0 aliphatic carbocycles. The molecule has 82 valence electrons. The van der Waals surface area contributed by atoms with Crippen LogP contribution >= 0.6 is 11.8 Å². The maximum Gasteiger partial charge on any atom is 0.157 e. The molecule has 2 atom stereocenters. The summed E-state index contributed by atoms with van der Waals surface area (Å²) in [5.74, 6) is 1.66. The van der Waals surface area contributed by atoms with Gasteiger partial charge in [-0.25, -0.2) is 0 Å². The second-order valence-electron chi connectivity index (χ2n) is 4.04. The van der Waals surface area contributed by atoms with Gasteiger partial charge in [0.1, 0.15) is 0 Å². The molecule has 0 bridgehead atoms. The molecule has 0 aromatic carbocycles. The second kappa shape index (κ2) is 5.61. The number of rotatable bonds is 4. The number of amidine groups is 1. The summed E-state index contributed by atoms with van der Waals surface area (Å²) in [6.07, 6.45) is 0. The fourth-order valence-electron chi connectivity index (χ4n) is 1.29. The lowest BCUT2D eigenvalue weighted by Crippen LogP contribution is -2.40. The lowest BCUT2D eigenvalue weighted by Gasteiger charge is -2.21. The minimum Gasteiger partial charge on any atom is -0.383 e. The lowest BCUT2D eigenvalue weighted by molar-refractivity contribution is 0.156. The predicted octanol–water partition coefficient (Wildman–Crippen LogP) is 1.74. The van der Waals surface area contributed by atoms with Crippen molar-refractivity contribution in [3.63, 3.8) is 0 Å². The van der Waals surface area contributed by atoms with E-state index in [9.17, 15) is 0 Å². The largest absolute Gasteiger partial charge is 0.383 e. The molecule has 0 aromatic rings. The fraction of sp³-hybridized carbons (Fsp3) is 0.900. The van der Waals surface area contributed by atoms with Crippen molar-refractivity contribution in [3.8, 4) is 0 Å². The zero-order chi connectivity index (χ0) is 10.6. The highest BCUT2D eigenvalue weighted by molar-refractivity contribution is 8.14. The summed E-state index contributed by atoms with van der Waals surface area (Å²) in [6, 6.07) is 0.828. The van der Waals surface area contributed by atoms with E-state index in [2.05, 4.69) is 31.1 Å². The minimum absolute atomic E-state index is 0.372. The topological polar surface area (TPSA) is 33.6 Å². The smallest absolute Gasteiger partial charge is 0.157 e. The number of nitrogens with zero attached hydrogens (tertiary/aromatic N) is 1. The van der Waals surface area contributed by atoms with E-state index < -0.39 is 0 Å². The molecule has 1 aliphatic rings. The first-order valence-electron chi connectivity index (χ1n) is 5.09. The quantitative estimate of drug-likeness (QED) is 0.777. The maximum atomic E-state index is 5.18. The summed E-state index contributed by atoms with van der Waals surface area (Å²) in [7, 11) is 1.74. The van der Waals surface area contributed by atoms with Gasteiger partial charge in [0.05, 0.1) is 18.7 Å². The molecular formula is C10H20N2OS. The van der Waals surface area contributed by atoms with Gasteiger partial charge in [-0.2, -0.15) is 0 Å². The number of hydrogen-bond donors (Lipinski definition) is 1. The Bertz CT molecular complexity index is 206. The number of thioether (sulfide) groups is 1. The molecule has 1 rings (SSSR count). The van der Waals surface area contributed by atoms with Crippen LogP contribution in [-0.4, -0.2) is 36.7 Å². The lowest BCUT2D eigenvalue weighted by atomic mass is 10.1. The normalized spacial score (nSPS) is 23.8. The molecule has 0 radical (unpaired) electrons. The van der Waals surface area contributed by atoms with Crippen LogP contribution in [0.1, 0.15) is 20.8 Å². The van der Waals surface area contributed by atoms with Crippen molar-refractivity contribution in [2.75, 3.05) is 19.5 Å². The van der Waals surface area contributed by atoms with Crippen LogP contribution in [0.5, 0.6) is 0 Å². The Morgan fingerprint density at radius 1 is 1.64 bits per heavy atom. The molecule has 1 heterocycles. The number of hydrogen-bond acceptors (Lipinski definition) is 4. The van der Waals surface area contributed by atoms with Crippen molar-refractivity contribution in [1.29, 1.82) is 0 Å². The van der Waals surface area contributed by atoms with Crippen molar-refractivity contribution in [3.05, 3.63) is 0 Å².